The number of benzene rings is 1. The molecule has 16 heavy (non-hydrogen) atoms. The van der Waals surface area contributed by atoms with Gasteiger partial charge in [0.05, 0.1) is 11.4 Å². The van der Waals surface area contributed by atoms with E-state index in [9.17, 15) is 5.11 Å². The lowest BCUT2D eigenvalue weighted by Gasteiger charge is -2.19. The van der Waals surface area contributed by atoms with Crippen LogP contribution in [0.1, 0.15) is 26.5 Å². The van der Waals surface area contributed by atoms with E-state index >= 15 is 0 Å². The lowest BCUT2D eigenvalue weighted by Crippen LogP contribution is -2.17. The Kier molecular flexibility index (Phi) is 2.46. The highest BCUT2D eigenvalue weighted by Crippen LogP contribution is 2.27. The van der Waals surface area contributed by atoms with Gasteiger partial charge in [-0.25, -0.2) is 4.68 Å². The van der Waals surface area contributed by atoms with Crippen molar-refractivity contribution < 1.29 is 5.11 Å². The second-order valence-electron chi connectivity index (χ2n) is 4.89. The van der Waals surface area contributed by atoms with Crippen LogP contribution in [0.4, 0.5) is 0 Å². The van der Waals surface area contributed by atoms with E-state index in [4.69, 9.17) is 0 Å². The molecule has 84 valence electrons. The van der Waals surface area contributed by atoms with Crippen molar-refractivity contribution in [3.05, 3.63) is 42.1 Å². The maximum atomic E-state index is 9.53. The summed E-state index contributed by atoms with van der Waals surface area (Å²) in [5.74, 6) is 0.0637. The summed E-state index contributed by atoms with van der Waals surface area (Å²) in [4.78, 5) is 0. The zero-order valence-electron chi connectivity index (χ0n) is 9.81. The van der Waals surface area contributed by atoms with Crippen molar-refractivity contribution in [2.75, 3.05) is 0 Å². The van der Waals surface area contributed by atoms with Crippen molar-refractivity contribution in [2.45, 2.75) is 26.2 Å². The fourth-order valence-corrected chi connectivity index (χ4v) is 1.67. The third-order valence-corrected chi connectivity index (χ3v) is 2.47. The molecule has 1 heterocycles. The second kappa shape index (κ2) is 3.67. The number of aromatic hydroxyl groups is 1. The molecule has 0 atom stereocenters. The molecular formula is C13H16N2O. The zero-order chi connectivity index (χ0) is 11.8. The van der Waals surface area contributed by atoms with Gasteiger partial charge in [0.2, 0.25) is 5.88 Å². The highest BCUT2D eigenvalue weighted by molar-refractivity contribution is 5.36. The van der Waals surface area contributed by atoms with Crippen molar-refractivity contribution in [2.24, 2.45) is 0 Å². The second-order valence-corrected chi connectivity index (χ2v) is 4.89. The third-order valence-electron chi connectivity index (χ3n) is 2.47. The Hall–Kier alpha value is -1.77. The molecule has 2 aromatic rings. The Morgan fingerprint density at radius 3 is 2.31 bits per heavy atom. The average molecular weight is 216 g/mol. The van der Waals surface area contributed by atoms with Crippen molar-refractivity contribution >= 4 is 0 Å². The first-order chi connectivity index (χ1) is 7.48. The number of nitrogens with zero attached hydrogens (tertiary/aromatic N) is 2. The summed E-state index contributed by atoms with van der Waals surface area (Å²) < 4.78 is 1.79. The van der Waals surface area contributed by atoms with Crippen LogP contribution in [0.15, 0.2) is 36.4 Å². The Morgan fingerprint density at radius 2 is 1.75 bits per heavy atom. The summed E-state index contributed by atoms with van der Waals surface area (Å²) in [5.41, 5.74) is 1.91. The standard InChI is InChI=1S/C13H16N2O/c1-13(2,3)11-9-12(16)14-15(11)10-7-5-4-6-8-10/h4-9H,1-3H3,(H,14,16). The number of aromatic nitrogens is 2. The molecule has 2 rings (SSSR count). The van der Waals surface area contributed by atoms with Crippen LogP contribution >= 0.6 is 0 Å². The molecule has 0 aliphatic carbocycles. The number of rotatable bonds is 1. The smallest absolute Gasteiger partial charge is 0.231 e. The molecule has 3 nitrogen and oxygen atoms in total. The van der Waals surface area contributed by atoms with Crippen molar-refractivity contribution in [3.8, 4) is 11.6 Å². The fraction of sp³-hybridized carbons (Fsp3) is 0.308. The van der Waals surface area contributed by atoms with E-state index in [1.807, 2.05) is 30.3 Å². The summed E-state index contributed by atoms with van der Waals surface area (Å²) in [6.07, 6.45) is 0. The van der Waals surface area contributed by atoms with Crippen molar-refractivity contribution in [1.82, 2.24) is 9.78 Å². The molecule has 0 unspecified atom stereocenters. The van der Waals surface area contributed by atoms with Crippen LogP contribution in [0.3, 0.4) is 0 Å². The lowest BCUT2D eigenvalue weighted by molar-refractivity contribution is 0.447. The summed E-state index contributed by atoms with van der Waals surface area (Å²) in [6, 6.07) is 11.5. The first kappa shape index (κ1) is 10.7. The van der Waals surface area contributed by atoms with E-state index < -0.39 is 0 Å². The predicted octanol–water partition coefficient (Wildman–Crippen LogP) is 2.88. The van der Waals surface area contributed by atoms with Crippen LogP contribution in [0.25, 0.3) is 5.69 Å². The number of hydrogen-bond donors (Lipinski definition) is 1. The number of para-hydroxylation sites is 1. The molecule has 3 heteroatoms. The molecular weight excluding hydrogens is 200 g/mol. The Bertz CT molecular complexity index is 480. The molecule has 0 bridgehead atoms. The Balaban J connectivity index is 2.58. The summed E-state index contributed by atoms with van der Waals surface area (Å²) in [6.45, 7) is 6.30. The largest absolute Gasteiger partial charge is 0.492 e. The van der Waals surface area contributed by atoms with Gasteiger partial charge in [-0.1, -0.05) is 39.0 Å². The fourth-order valence-electron chi connectivity index (χ4n) is 1.67. The van der Waals surface area contributed by atoms with Crippen LogP contribution in [0.5, 0.6) is 5.88 Å². The van der Waals surface area contributed by atoms with Gasteiger partial charge in [0.15, 0.2) is 0 Å². The third kappa shape index (κ3) is 1.94. The molecule has 0 amide bonds. The topological polar surface area (TPSA) is 38.1 Å². The maximum absolute atomic E-state index is 9.53. The van der Waals surface area contributed by atoms with Gasteiger partial charge < -0.3 is 5.11 Å². The van der Waals surface area contributed by atoms with Crippen LogP contribution < -0.4 is 0 Å². The van der Waals surface area contributed by atoms with E-state index in [0.29, 0.717) is 0 Å². The zero-order valence-corrected chi connectivity index (χ0v) is 9.81. The normalized spacial score (nSPS) is 11.7. The molecule has 0 saturated carbocycles. The molecule has 0 spiro atoms. The molecule has 1 N–H and O–H groups in total. The Labute approximate surface area is 95.3 Å². The van der Waals surface area contributed by atoms with Gasteiger partial charge in [0.1, 0.15) is 0 Å². The van der Waals surface area contributed by atoms with Crippen LogP contribution in [-0.4, -0.2) is 14.9 Å². The SMILES string of the molecule is CC(C)(C)c1cc(O)nn1-c1ccccc1. The molecule has 0 saturated heterocycles. The van der Waals surface area contributed by atoms with Gasteiger partial charge in [-0.15, -0.1) is 5.10 Å². The molecule has 0 radical (unpaired) electrons. The summed E-state index contributed by atoms with van der Waals surface area (Å²) in [5, 5.41) is 13.6. The van der Waals surface area contributed by atoms with E-state index in [-0.39, 0.29) is 11.3 Å². The quantitative estimate of drug-likeness (QED) is 0.796. The average Bonchev–Trinajstić information content (AvgIpc) is 2.61. The van der Waals surface area contributed by atoms with Crippen LogP contribution in [-0.2, 0) is 5.41 Å². The van der Waals surface area contributed by atoms with E-state index in [0.717, 1.165) is 11.4 Å². The predicted molar refractivity (Wildman–Crippen MR) is 63.9 cm³/mol. The van der Waals surface area contributed by atoms with Crippen LogP contribution in [0, 0.1) is 0 Å². The summed E-state index contributed by atoms with van der Waals surface area (Å²) >= 11 is 0. The molecule has 1 aromatic heterocycles. The van der Waals surface area contributed by atoms with Gasteiger partial charge in [-0.3, -0.25) is 0 Å². The van der Waals surface area contributed by atoms with E-state index in [2.05, 4.69) is 25.9 Å². The first-order valence-electron chi connectivity index (χ1n) is 5.33. The van der Waals surface area contributed by atoms with Crippen molar-refractivity contribution in [3.63, 3.8) is 0 Å². The summed E-state index contributed by atoms with van der Waals surface area (Å²) in [7, 11) is 0. The highest BCUT2D eigenvalue weighted by atomic mass is 16.3. The minimum Gasteiger partial charge on any atom is -0.492 e. The minimum absolute atomic E-state index is 0.0518. The van der Waals surface area contributed by atoms with Crippen LogP contribution in [0.2, 0.25) is 0 Å². The van der Waals surface area contributed by atoms with E-state index in [1.54, 1.807) is 10.7 Å². The lowest BCUT2D eigenvalue weighted by atomic mass is 9.92. The van der Waals surface area contributed by atoms with Crippen molar-refractivity contribution in [1.29, 1.82) is 0 Å². The Morgan fingerprint density at radius 1 is 1.12 bits per heavy atom. The maximum Gasteiger partial charge on any atom is 0.231 e. The van der Waals surface area contributed by atoms with Gasteiger partial charge in [0.25, 0.3) is 0 Å². The van der Waals surface area contributed by atoms with E-state index in [1.165, 1.54) is 0 Å². The molecule has 0 aliphatic rings. The molecule has 0 aliphatic heterocycles. The highest BCUT2D eigenvalue weighted by Gasteiger charge is 2.21. The van der Waals surface area contributed by atoms with Gasteiger partial charge >= 0.3 is 0 Å². The monoisotopic (exact) mass is 216 g/mol. The van der Waals surface area contributed by atoms with Gasteiger partial charge in [-0.2, -0.15) is 0 Å². The molecule has 1 aromatic carbocycles. The van der Waals surface area contributed by atoms with Gasteiger partial charge in [-0.05, 0) is 12.1 Å². The minimum atomic E-state index is -0.0518. The first-order valence-corrected chi connectivity index (χ1v) is 5.33. The van der Waals surface area contributed by atoms with Gasteiger partial charge in [0, 0.05) is 11.5 Å². The molecule has 0 fully saturated rings. The number of hydrogen-bond acceptors (Lipinski definition) is 2.